The van der Waals surface area contributed by atoms with Gasteiger partial charge in [-0.05, 0) is 56.4 Å². The molecule has 0 saturated carbocycles. The summed E-state index contributed by atoms with van der Waals surface area (Å²) in [5.41, 5.74) is 7.99. The number of aryl methyl sites for hydroxylation is 2. The van der Waals surface area contributed by atoms with E-state index in [-0.39, 0.29) is 5.97 Å². The second-order valence-electron chi connectivity index (χ2n) is 5.21. The molecule has 1 aliphatic rings. The summed E-state index contributed by atoms with van der Waals surface area (Å²) in [5.74, 6) is 0.202. The normalized spacial score (nSPS) is 16.8. The van der Waals surface area contributed by atoms with Crippen LogP contribution in [0.4, 0.5) is 0 Å². The van der Waals surface area contributed by atoms with Crippen molar-refractivity contribution in [3.63, 3.8) is 0 Å². The number of nitrogens with two attached hydrogens (primary N) is 1. The Hall–Kier alpha value is -1.00. The lowest BCUT2D eigenvalue weighted by molar-refractivity contribution is -0.148. The van der Waals surface area contributed by atoms with E-state index in [0.717, 1.165) is 0 Å². The van der Waals surface area contributed by atoms with Gasteiger partial charge in [-0.15, -0.1) is 11.8 Å². The van der Waals surface area contributed by atoms with Gasteiger partial charge < -0.3 is 10.5 Å². The topological polar surface area (TPSA) is 52.3 Å². The number of fused-ring (bicyclic) bond motifs is 1. The van der Waals surface area contributed by atoms with Crippen LogP contribution in [-0.2, 0) is 22.4 Å². The lowest BCUT2D eigenvalue weighted by Gasteiger charge is -2.21. The van der Waals surface area contributed by atoms with Gasteiger partial charge in [0.15, 0.2) is 0 Å². The predicted molar refractivity (Wildman–Crippen MR) is 78.4 cm³/mol. The smallest absolute Gasteiger partial charge is 0.326 e. The molecule has 2 rings (SSSR count). The summed E-state index contributed by atoms with van der Waals surface area (Å²) in [6.07, 6.45) is 3.61. The third kappa shape index (κ3) is 3.51. The lowest BCUT2D eigenvalue weighted by Crippen LogP contribution is -2.48. The SMILES string of the molecule is CCOC(=O)C(C)(N)CSc1ccc2c(c1)CCC2. The first-order valence-corrected chi connectivity index (χ1v) is 7.72. The van der Waals surface area contributed by atoms with Gasteiger partial charge in [0.2, 0.25) is 0 Å². The van der Waals surface area contributed by atoms with Gasteiger partial charge >= 0.3 is 5.97 Å². The third-order valence-corrected chi connectivity index (χ3v) is 4.68. The molecule has 1 aromatic carbocycles. The van der Waals surface area contributed by atoms with Gasteiger partial charge in [0.25, 0.3) is 0 Å². The second-order valence-corrected chi connectivity index (χ2v) is 6.26. The number of hydrogen-bond donors (Lipinski definition) is 1. The molecule has 4 heteroatoms. The van der Waals surface area contributed by atoms with Crippen LogP contribution in [0.1, 0.15) is 31.4 Å². The Morgan fingerprint density at radius 3 is 2.89 bits per heavy atom. The first kappa shape index (κ1) is 14.4. The molecule has 0 aromatic heterocycles. The summed E-state index contributed by atoms with van der Waals surface area (Å²) in [5, 5.41) is 0. The molecule has 1 aromatic rings. The molecule has 0 radical (unpaired) electrons. The molecule has 19 heavy (non-hydrogen) atoms. The van der Waals surface area contributed by atoms with Gasteiger partial charge in [0.1, 0.15) is 5.54 Å². The van der Waals surface area contributed by atoms with Crippen molar-refractivity contribution in [1.29, 1.82) is 0 Å². The van der Waals surface area contributed by atoms with Crippen molar-refractivity contribution in [2.45, 2.75) is 43.5 Å². The van der Waals surface area contributed by atoms with E-state index in [9.17, 15) is 4.79 Å². The maximum absolute atomic E-state index is 11.7. The number of carbonyl (C=O) groups is 1. The van der Waals surface area contributed by atoms with E-state index in [2.05, 4.69) is 18.2 Å². The van der Waals surface area contributed by atoms with Crippen LogP contribution >= 0.6 is 11.8 Å². The summed E-state index contributed by atoms with van der Waals surface area (Å²) in [7, 11) is 0. The Labute approximate surface area is 118 Å². The minimum Gasteiger partial charge on any atom is -0.465 e. The molecule has 104 valence electrons. The van der Waals surface area contributed by atoms with Crippen LogP contribution in [0, 0.1) is 0 Å². The van der Waals surface area contributed by atoms with E-state index in [0.29, 0.717) is 12.4 Å². The highest BCUT2D eigenvalue weighted by molar-refractivity contribution is 7.99. The van der Waals surface area contributed by atoms with Crippen LogP contribution in [0.3, 0.4) is 0 Å². The summed E-state index contributed by atoms with van der Waals surface area (Å²) >= 11 is 1.62. The fraction of sp³-hybridized carbons (Fsp3) is 0.533. The van der Waals surface area contributed by atoms with Crippen LogP contribution in [0.5, 0.6) is 0 Å². The van der Waals surface area contributed by atoms with Crippen LogP contribution in [0.2, 0.25) is 0 Å². The highest BCUT2D eigenvalue weighted by Gasteiger charge is 2.30. The third-order valence-electron chi connectivity index (χ3n) is 3.35. The molecule has 0 fully saturated rings. The zero-order valence-electron chi connectivity index (χ0n) is 11.6. The van der Waals surface area contributed by atoms with E-state index >= 15 is 0 Å². The molecule has 0 saturated heterocycles. The average molecular weight is 279 g/mol. The number of benzene rings is 1. The number of hydrogen-bond acceptors (Lipinski definition) is 4. The summed E-state index contributed by atoms with van der Waals surface area (Å²) in [6.45, 7) is 3.89. The lowest BCUT2D eigenvalue weighted by atomic mass is 10.1. The molecule has 2 N–H and O–H groups in total. The standard InChI is InChI=1S/C15H21NO2S/c1-3-18-14(17)15(2,16)10-19-13-8-7-11-5-4-6-12(11)9-13/h7-9H,3-6,10,16H2,1-2H3. The monoisotopic (exact) mass is 279 g/mol. The Kier molecular flexibility index (Phi) is 4.53. The second kappa shape index (κ2) is 5.97. The van der Waals surface area contributed by atoms with E-state index in [1.54, 1.807) is 25.6 Å². The minimum atomic E-state index is -0.931. The van der Waals surface area contributed by atoms with Crippen LogP contribution in [-0.4, -0.2) is 23.9 Å². The highest BCUT2D eigenvalue weighted by Crippen LogP contribution is 2.29. The number of esters is 1. The number of ether oxygens (including phenoxy) is 1. The van der Waals surface area contributed by atoms with Gasteiger partial charge in [-0.25, -0.2) is 0 Å². The van der Waals surface area contributed by atoms with E-state index in [4.69, 9.17) is 10.5 Å². The van der Waals surface area contributed by atoms with Crippen molar-refractivity contribution in [1.82, 2.24) is 0 Å². The van der Waals surface area contributed by atoms with Crippen LogP contribution in [0.15, 0.2) is 23.1 Å². The van der Waals surface area contributed by atoms with Crippen LogP contribution in [0.25, 0.3) is 0 Å². The van der Waals surface area contributed by atoms with Crippen molar-refractivity contribution in [2.75, 3.05) is 12.4 Å². The van der Waals surface area contributed by atoms with Crippen molar-refractivity contribution < 1.29 is 9.53 Å². The molecule has 3 nitrogen and oxygen atoms in total. The zero-order chi connectivity index (χ0) is 13.9. The molecular formula is C15H21NO2S. The van der Waals surface area contributed by atoms with Gasteiger partial charge in [0, 0.05) is 10.6 Å². The van der Waals surface area contributed by atoms with Gasteiger partial charge in [-0.2, -0.15) is 0 Å². The van der Waals surface area contributed by atoms with Gasteiger partial charge in [0.05, 0.1) is 6.61 Å². The molecule has 0 amide bonds. The van der Waals surface area contributed by atoms with Gasteiger partial charge in [-0.3, -0.25) is 4.79 Å². The van der Waals surface area contributed by atoms with Crippen molar-refractivity contribution in [2.24, 2.45) is 5.73 Å². The molecule has 0 spiro atoms. The number of rotatable bonds is 5. The Balaban J connectivity index is 1.96. The summed E-state index contributed by atoms with van der Waals surface area (Å²) in [4.78, 5) is 12.9. The van der Waals surface area contributed by atoms with Gasteiger partial charge in [-0.1, -0.05) is 6.07 Å². The maximum Gasteiger partial charge on any atom is 0.326 e. The van der Waals surface area contributed by atoms with E-state index in [1.807, 2.05) is 0 Å². The predicted octanol–water partition coefficient (Wildman–Crippen LogP) is 2.55. The quantitative estimate of drug-likeness (QED) is 0.665. The first-order chi connectivity index (χ1) is 9.03. The average Bonchev–Trinajstić information content (AvgIpc) is 2.84. The molecule has 0 heterocycles. The molecular weight excluding hydrogens is 258 g/mol. The van der Waals surface area contributed by atoms with E-state index < -0.39 is 5.54 Å². The number of carbonyl (C=O) groups excluding carboxylic acids is 1. The Morgan fingerprint density at radius 1 is 1.42 bits per heavy atom. The van der Waals surface area contributed by atoms with Crippen molar-refractivity contribution >= 4 is 17.7 Å². The highest BCUT2D eigenvalue weighted by atomic mass is 32.2. The molecule has 0 bridgehead atoms. The van der Waals surface area contributed by atoms with Crippen molar-refractivity contribution in [3.8, 4) is 0 Å². The summed E-state index contributed by atoms with van der Waals surface area (Å²) < 4.78 is 4.99. The molecule has 1 aliphatic carbocycles. The van der Waals surface area contributed by atoms with Crippen molar-refractivity contribution in [3.05, 3.63) is 29.3 Å². The fourth-order valence-corrected chi connectivity index (χ4v) is 3.20. The Morgan fingerprint density at radius 2 is 2.16 bits per heavy atom. The first-order valence-electron chi connectivity index (χ1n) is 6.73. The summed E-state index contributed by atoms with van der Waals surface area (Å²) in [6, 6.07) is 6.55. The van der Waals surface area contributed by atoms with E-state index in [1.165, 1.54) is 35.3 Å². The minimum absolute atomic E-state index is 0.330. The Bertz CT molecular complexity index is 471. The molecule has 0 aliphatic heterocycles. The van der Waals surface area contributed by atoms with Crippen LogP contribution < -0.4 is 5.73 Å². The molecule has 1 unspecified atom stereocenters. The largest absolute Gasteiger partial charge is 0.465 e. The fourth-order valence-electron chi connectivity index (χ4n) is 2.23. The maximum atomic E-state index is 11.7. The number of thioether (sulfide) groups is 1. The molecule has 1 atom stereocenters. The zero-order valence-corrected chi connectivity index (χ0v) is 12.4.